The molecule has 1 amide bonds. The van der Waals surface area contributed by atoms with Gasteiger partial charge in [-0.15, -0.1) is 0 Å². The molecule has 0 aliphatic heterocycles. The second-order valence-corrected chi connectivity index (χ2v) is 6.20. The number of benzene rings is 1. The van der Waals surface area contributed by atoms with Crippen LogP contribution in [0.2, 0.25) is 0 Å². The van der Waals surface area contributed by atoms with Crippen molar-refractivity contribution in [2.75, 3.05) is 12.9 Å². The van der Waals surface area contributed by atoms with E-state index in [-0.39, 0.29) is 12.4 Å². The predicted molar refractivity (Wildman–Crippen MR) is 89.8 cm³/mol. The summed E-state index contributed by atoms with van der Waals surface area (Å²) in [5.74, 6) is 0.266. The monoisotopic (exact) mass is 341 g/mol. The third kappa shape index (κ3) is 7.27. The van der Waals surface area contributed by atoms with Crippen molar-refractivity contribution >= 4 is 24.7 Å². The van der Waals surface area contributed by atoms with Crippen molar-refractivity contribution in [3.8, 4) is 5.75 Å². The molecule has 1 N–H and O–H groups in total. The molecule has 128 valence electrons. The van der Waals surface area contributed by atoms with Crippen LogP contribution in [-0.2, 0) is 20.9 Å². The van der Waals surface area contributed by atoms with E-state index < -0.39 is 23.7 Å². The standard InChI is InChI=1S/C16H23NO5S/c1-16(2,3)22-15(19)17-13(10-23)14(18)21-9-11-5-7-12(20-4)8-6-11/h5-8,13,23H,9-10H2,1-4H3,(H,17,19)/t13-/m1/s1. The number of hydrogen-bond acceptors (Lipinski definition) is 6. The lowest BCUT2D eigenvalue weighted by Crippen LogP contribution is -2.45. The number of alkyl carbamates (subject to hydrolysis) is 1. The SMILES string of the molecule is COc1ccc(COC(=O)[C@@H](CS)NC(=O)OC(C)(C)C)cc1. The number of thiol groups is 1. The fourth-order valence-electron chi connectivity index (χ4n) is 1.61. The Labute approximate surface area is 141 Å². The van der Waals surface area contributed by atoms with Crippen LogP contribution < -0.4 is 10.1 Å². The molecule has 0 bridgehead atoms. The molecular weight excluding hydrogens is 318 g/mol. The fourth-order valence-corrected chi connectivity index (χ4v) is 1.85. The molecule has 0 aromatic heterocycles. The van der Waals surface area contributed by atoms with E-state index in [2.05, 4.69) is 17.9 Å². The van der Waals surface area contributed by atoms with Crippen LogP contribution in [0, 0.1) is 0 Å². The third-order valence-electron chi connectivity index (χ3n) is 2.70. The van der Waals surface area contributed by atoms with Gasteiger partial charge in [0.05, 0.1) is 7.11 Å². The molecular formula is C16H23NO5S. The minimum atomic E-state index is -0.869. The topological polar surface area (TPSA) is 73.9 Å². The average Bonchev–Trinajstić information content (AvgIpc) is 2.49. The van der Waals surface area contributed by atoms with Gasteiger partial charge in [0.2, 0.25) is 0 Å². The first-order chi connectivity index (χ1) is 10.7. The van der Waals surface area contributed by atoms with E-state index in [0.29, 0.717) is 0 Å². The number of ether oxygens (including phenoxy) is 3. The Morgan fingerprint density at radius 2 is 1.83 bits per heavy atom. The zero-order valence-corrected chi connectivity index (χ0v) is 14.7. The van der Waals surface area contributed by atoms with Crippen molar-refractivity contribution in [3.63, 3.8) is 0 Å². The molecule has 0 radical (unpaired) electrons. The van der Waals surface area contributed by atoms with Crippen LogP contribution >= 0.6 is 12.6 Å². The van der Waals surface area contributed by atoms with Gasteiger partial charge in [-0.2, -0.15) is 12.6 Å². The number of carbonyl (C=O) groups excluding carboxylic acids is 2. The van der Waals surface area contributed by atoms with Crippen molar-refractivity contribution in [1.29, 1.82) is 0 Å². The molecule has 0 aliphatic carbocycles. The molecule has 0 saturated carbocycles. The number of hydrogen-bond donors (Lipinski definition) is 2. The van der Waals surface area contributed by atoms with Gasteiger partial charge in [0.15, 0.2) is 0 Å². The van der Waals surface area contributed by atoms with Crippen molar-refractivity contribution in [2.45, 2.75) is 39.0 Å². The summed E-state index contributed by atoms with van der Waals surface area (Å²) in [6.07, 6.45) is -0.682. The Kier molecular flexibility index (Phi) is 7.22. The number of carbonyl (C=O) groups is 2. The van der Waals surface area contributed by atoms with E-state index in [4.69, 9.17) is 14.2 Å². The Hall–Kier alpha value is -1.89. The molecule has 0 aliphatic rings. The Morgan fingerprint density at radius 3 is 2.30 bits per heavy atom. The third-order valence-corrected chi connectivity index (χ3v) is 3.06. The van der Waals surface area contributed by atoms with Gasteiger partial charge in [-0.05, 0) is 38.5 Å². The highest BCUT2D eigenvalue weighted by molar-refractivity contribution is 7.80. The van der Waals surface area contributed by atoms with E-state index in [0.717, 1.165) is 11.3 Å². The quantitative estimate of drug-likeness (QED) is 0.614. The second-order valence-electron chi connectivity index (χ2n) is 5.84. The Morgan fingerprint density at radius 1 is 1.22 bits per heavy atom. The Bertz CT molecular complexity index is 524. The van der Waals surface area contributed by atoms with E-state index >= 15 is 0 Å². The maximum Gasteiger partial charge on any atom is 0.408 e. The lowest BCUT2D eigenvalue weighted by molar-refractivity contribution is -0.146. The van der Waals surface area contributed by atoms with E-state index in [1.807, 2.05) is 0 Å². The molecule has 6 nitrogen and oxygen atoms in total. The van der Waals surface area contributed by atoms with Crippen LogP contribution in [0.25, 0.3) is 0 Å². The van der Waals surface area contributed by atoms with E-state index in [1.54, 1.807) is 52.1 Å². The van der Waals surface area contributed by atoms with E-state index in [9.17, 15) is 9.59 Å². The summed E-state index contributed by atoms with van der Waals surface area (Å²) in [7, 11) is 1.58. The van der Waals surface area contributed by atoms with E-state index in [1.165, 1.54) is 0 Å². The summed E-state index contributed by atoms with van der Waals surface area (Å²) in [4.78, 5) is 23.7. The van der Waals surface area contributed by atoms with Gasteiger partial charge < -0.3 is 19.5 Å². The summed E-state index contributed by atoms with van der Waals surface area (Å²) < 4.78 is 15.3. The highest BCUT2D eigenvalue weighted by Crippen LogP contribution is 2.12. The smallest absolute Gasteiger partial charge is 0.408 e. The van der Waals surface area contributed by atoms with Crippen molar-refractivity contribution in [1.82, 2.24) is 5.32 Å². The molecule has 1 atom stereocenters. The number of esters is 1. The van der Waals surface area contributed by atoms with Crippen LogP contribution in [0.5, 0.6) is 5.75 Å². The molecule has 23 heavy (non-hydrogen) atoms. The van der Waals surface area contributed by atoms with Crippen molar-refractivity contribution < 1.29 is 23.8 Å². The molecule has 0 spiro atoms. The van der Waals surface area contributed by atoms with Gasteiger partial charge in [0, 0.05) is 5.75 Å². The summed E-state index contributed by atoms with van der Waals surface area (Å²) in [5.41, 5.74) is 0.174. The highest BCUT2D eigenvalue weighted by Gasteiger charge is 2.24. The average molecular weight is 341 g/mol. The zero-order valence-electron chi connectivity index (χ0n) is 13.8. The molecule has 0 saturated heterocycles. The molecule has 7 heteroatoms. The van der Waals surface area contributed by atoms with Crippen molar-refractivity contribution in [3.05, 3.63) is 29.8 Å². The molecule has 1 aromatic carbocycles. The lowest BCUT2D eigenvalue weighted by atomic mass is 10.2. The minimum Gasteiger partial charge on any atom is -0.497 e. The summed E-state index contributed by atoms with van der Waals surface area (Å²) in [6, 6.07) is 6.27. The van der Waals surface area contributed by atoms with Gasteiger partial charge >= 0.3 is 12.1 Å². The van der Waals surface area contributed by atoms with Gasteiger partial charge in [-0.1, -0.05) is 12.1 Å². The first-order valence-corrected chi connectivity index (χ1v) is 7.78. The predicted octanol–water partition coefficient (Wildman–Crippen LogP) is 2.56. The summed E-state index contributed by atoms with van der Waals surface area (Å²) >= 11 is 4.06. The van der Waals surface area contributed by atoms with Crippen LogP contribution in [-0.4, -0.2) is 36.6 Å². The maximum absolute atomic E-state index is 12.0. The second kappa shape index (κ2) is 8.67. The Balaban J connectivity index is 2.51. The maximum atomic E-state index is 12.0. The van der Waals surface area contributed by atoms with Gasteiger partial charge in [-0.25, -0.2) is 9.59 Å². The van der Waals surface area contributed by atoms with Gasteiger partial charge in [-0.3, -0.25) is 0 Å². The first kappa shape index (κ1) is 19.2. The fraction of sp³-hybridized carbons (Fsp3) is 0.500. The molecule has 1 rings (SSSR count). The lowest BCUT2D eigenvalue weighted by Gasteiger charge is -2.22. The summed E-state index contributed by atoms with van der Waals surface area (Å²) in [6.45, 7) is 5.32. The largest absolute Gasteiger partial charge is 0.497 e. The number of rotatable bonds is 6. The van der Waals surface area contributed by atoms with Gasteiger partial charge in [0.25, 0.3) is 0 Å². The number of amides is 1. The number of nitrogens with one attached hydrogen (secondary N) is 1. The van der Waals surface area contributed by atoms with Crippen LogP contribution in [0.1, 0.15) is 26.3 Å². The summed E-state index contributed by atoms with van der Waals surface area (Å²) in [5, 5.41) is 2.45. The molecule has 0 unspecified atom stereocenters. The normalized spacial score (nSPS) is 12.2. The van der Waals surface area contributed by atoms with Gasteiger partial charge in [0.1, 0.15) is 24.0 Å². The first-order valence-electron chi connectivity index (χ1n) is 7.15. The highest BCUT2D eigenvalue weighted by atomic mass is 32.1. The molecule has 0 heterocycles. The zero-order chi connectivity index (χ0) is 17.5. The minimum absolute atomic E-state index is 0.100. The van der Waals surface area contributed by atoms with Crippen LogP contribution in [0.15, 0.2) is 24.3 Å². The van der Waals surface area contributed by atoms with Crippen LogP contribution in [0.3, 0.4) is 0 Å². The van der Waals surface area contributed by atoms with Crippen LogP contribution in [0.4, 0.5) is 4.79 Å². The van der Waals surface area contributed by atoms with Crippen molar-refractivity contribution in [2.24, 2.45) is 0 Å². The number of methoxy groups -OCH3 is 1. The molecule has 0 fully saturated rings. The molecule has 1 aromatic rings.